The molecule has 0 aromatic heterocycles. The largest absolute Gasteiger partial charge is 0.494 e. The molecule has 0 saturated carbocycles. The zero-order chi connectivity index (χ0) is 12.3. The van der Waals surface area contributed by atoms with Crippen molar-refractivity contribution in [1.82, 2.24) is 0 Å². The molecule has 0 fully saturated rings. The number of benzene rings is 2. The minimum absolute atomic E-state index is 0.209. The second-order valence-electron chi connectivity index (χ2n) is 3.59. The summed E-state index contributed by atoms with van der Waals surface area (Å²) < 4.78 is 18.4. The Hall–Kier alpha value is -2.16. The van der Waals surface area contributed by atoms with E-state index >= 15 is 0 Å². The molecule has 2 aromatic carbocycles. The van der Waals surface area contributed by atoms with Gasteiger partial charge in [0.25, 0.3) is 0 Å². The van der Waals surface area contributed by atoms with Crippen molar-refractivity contribution in [2.24, 2.45) is 0 Å². The van der Waals surface area contributed by atoms with Crippen molar-refractivity contribution >= 4 is 6.29 Å². The summed E-state index contributed by atoms with van der Waals surface area (Å²) in [4.78, 5) is 10.7. The molecular formula is C14H11FO2. The molecule has 0 saturated heterocycles. The predicted octanol–water partition coefficient (Wildman–Crippen LogP) is 3.31. The first-order chi connectivity index (χ1) is 8.24. The first-order valence-corrected chi connectivity index (χ1v) is 5.14. The number of methoxy groups -OCH3 is 1. The van der Waals surface area contributed by atoms with Gasteiger partial charge in [-0.15, -0.1) is 0 Å². The standard InChI is InChI=1S/C14H11FO2/c1-17-14-6-5-12(8-13(14)15)11-4-2-3-10(7-11)9-16/h2-9H,1H3. The van der Waals surface area contributed by atoms with Crippen LogP contribution in [0.25, 0.3) is 11.1 Å². The molecule has 17 heavy (non-hydrogen) atoms. The molecule has 0 amide bonds. The lowest BCUT2D eigenvalue weighted by molar-refractivity contribution is 0.112. The van der Waals surface area contributed by atoms with Gasteiger partial charge in [-0.25, -0.2) is 4.39 Å². The van der Waals surface area contributed by atoms with Crippen molar-refractivity contribution in [2.45, 2.75) is 0 Å². The topological polar surface area (TPSA) is 26.3 Å². The molecule has 0 bridgehead atoms. The van der Waals surface area contributed by atoms with E-state index in [1.54, 1.807) is 30.3 Å². The van der Waals surface area contributed by atoms with Crippen molar-refractivity contribution in [3.63, 3.8) is 0 Å². The van der Waals surface area contributed by atoms with E-state index < -0.39 is 5.82 Å². The number of hydrogen-bond acceptors (Lipinski definition) is 2. The summed E-state index contributed by atoms with van der Waals surface area (Å²) in [6, 6.07) is 11.7. The van der Waals surface area contributed by atoms with Crippen molar-refractivity contribution in [1.29, 1.82) is 0 Å². The van der Waals surface area contributed by atoms with Crippen LogP contribution in [-0.2, 0) is 0 Å². The van der Waals surface area contributed by atoms with Gasteiger partial charge in [0.15, 0.2) is 11.6 Å². The molecule has 0 unspecified atom stereocenters. The molecule has 2 nitrogen and oxygen atoms in total. The summed E-state index contributed by atoms with van der Waals surface area (Å²) in [5, 5.41) is 0. The van der Waals surface area contributed by atoms with Gasteiger partial charge in [-0.1, -0.05) is 24.3 Å². The van der Waals surface area contributed by atoms with Crippen LogP contribution >= 0.6 is 0 Å². The predicted molar refractivity (Wildman–Crippen MR) is 63.8 cm³/mol. The van der Waals surface area contributed by atoms with Crippen molar-refractivity contribution in [2.75, 3.05) is 7.11 Å². The number of aldehydes is 1. The molecule has 86 valence electrons. The molecule has 0 heterocycles. The van der Waals surface area contributed by atoms with Gasteiger partial charge < -0.3 is 4.74 Å². The Morgan fingerprint density at radius 3 is 2.53 bits per heavy atom. The fourth-order valence-electron chi connectivity index (χ4n) is 1.64. The molecule has 3 heteroatoms. The van der Waals surface area contributed by atoms with E-state index in [1.165, 1.54) is 13.2 Å². The summed E-state index contributed by atoms with van der Waals surface area (Å²) >= 11 is 0. The van der Waals surface area contributed by atoms with E-state index in [0.717, 1.165) is 11.8 Å². The third-order valence-corrected chi connectivity index (χ3v) is 2.51. The zero-order valence-corrected chi connectivity index (χ0v) is 9.31. The fourth-order valence-corrected chi connectivity index (χ4v) is 1.64. The summed E-state index contributed by atoms with van der Waals surface area (Å²) in [5.74, 6) is -0.207. The molecule has 0 aliphatic rings. The highest BCUT2D eigenvalue weighted by Gasteiger charge is 2.05. The molecule has 0 N–H and O–H groups in total. The van der Waals surface area contributed by atoms with Crippen LogP contribution in [0.2, 0.25) is 0 Å². The Kier molecular flexibility index (Phi) is 3.19. The maximum absolute atomic E-state index is 13.5. The van der Waals surface area contributed by atoms with Crippen molar-refractivity contribution in [3.8, 4) is 16.9 Å². The number of carbonyl (C=O) groups excluding carboxylic acids is 1. The lowest BCUT2D eigenvalue weighted by atomic mass is 10.0. The SMILES string of the molecule is COc1ccc(-c2cccc(C=O)c2)cc1F. The lowest BCUT2D eigenvalue weighted by Gasteiger charge is -2.05. The van der Waals surface area contributed by atoms with E-state index in [0.29, 0.717) is 11.1 Å². The van der Waals surface area contributed by atoms with Crippen LogP contribution < -0.4 is 4.74 Å². The van der Waals surface area contributed by atoms with Crippen LogP contribution in [0.4, 0.5) is 4.39 Å². The zero-order valence-electron chi connectivity index (χ0n) is 9.31. The fraction of sp³-hybridized carbons (Fsp3) is 0.0714. The van der Waals surface area contributed by atoms with Crippen molar-refractivity contribution in [3.05, 3.63) is 53.8 Å². The first-order valence-electron chi connectivity index (χ1n) is 5.14. The van der Waals surface area contributed by atoms with Crippen LogP contribution in [0.1, 0.15) is 10.4 Å². The van der Waals surface area contributed by atoms with Gasteiger partial charge >= 0.3 is 0 Å². The Labute approximate surface area is 98.7 Å². The highest BCUT2D eigenvalue weighted by atomic mass is 19.1. The number of hydrogen-bond donors (Lipinski definition) is 0. The Morgan fingerprint density at radius 2 is 1.88 bits per heavy atom. The van der Waals surface area contributed by atoms with E-state index in [9.17, 15) is 9.18 Å². The van der Waals surface area contributed by atoms with E-state index in [-0.39, 0.29) is 5.75 Å². The number of ether oxygens (including phenoxy) is 1. The molecule has 2 rings (SSSR count). The van der Waals surface area contributed by atoms with Gasteiger partial charge in [0.1, 0.15) is 6.29 Å². The minimum atomic E-state index is -0.415. The van der Waals surface area contributed by atoms with Gasteiger partial charge in [-0.3, -0.25) is 4.79 Å². The molecule has 0 spiro atoms. The smallest absolute Gasteiger partial charge is 0.165 e. The molecule has 0 radical (unpaired) electrons. The summed E-state index contributed by atoms with van der Waals surface area (Å²) in [7, 11) is 1.42. The van der Waals surface area contributed by atoms with Crippen LogP contribution in [0, 0.1) is 5.82 Å². The number of halogens is 1. The van der Waals surface area contributed by atoms with Crippen LogP contribution in [-0.4, -0.2) is 13.4 Å². The first kappa shape index (κ1) is 11.3. The monoisotopic (exact) mass is 230 g/mol. The highest BCUT2D eigenvalue weighted by Crippen LogP contribution is 2.25. The molecule has 0 aliphatic carbocycles. The quantitative estimate of drug-likeness (QED) is 0.756. The number of carbonyl (C=O) groups is 1. The van der Waals surface area contributed by atoms with Gasteiger partial charge in [0, 0.05) is 5.56 Å². The molecule has 0 aliphatic heterocycles. The van der Waals surface area contributed by atoms with Gasteiger partial charge in [0.2, 0.25) is 0 Å². The average Bonchev–Trinajstić information content (AvgIpc) is 2.38. The number of rotatable bonds is 3. The molecular weight excluding hydrogens is 219 g/mol. The Balaban J connectivity index is 2.45. The van der Waals surface area contributed by atoms with Crippen LogP contribution in [0.5, 0.6) is 5.75 Å². The third kappa shape index (κ3) is 2.33. The van der Waals surface area contributed by atoms with Gasteiger partial charge in [0.05, 0.1) is 7.11 Å². The van der Waals surface area contributed by atoms with Crippen molar-refractivity contribution < 1.29 is 13.9 Å². The van der Waals surface area contributed by atoms with E-state index in [1.807, 2.05) is 6.07 Å². The third-order valence-electron chi connectivity index (χ3n) is 2.51. The second-order valence-corrected chi connectivity index (χ2v) is 3.59. The summed E-state index contributed by atoms with van der Waals surface area (Å²) in [6.45, 7) is 0. The van der Waals surface area contributed by atoms with Gasteiger partial charge in [-0.05, 0) is 29.3 Å². The van der Waals surface area contributed by atoms with Crippen LogP contribution in [0.3, 0.4) is 0 Å². The maximum atomic E-state index is 13.5. The lowest BCUT2D eigenvalue weighted by Crippen LogP contribution is -1.89. The molecule has 0 atom stereocenters. The normalized spacial score (nSPS) is 10.0. The maximum Gasteiger partial charge on any atom is 0.165 e. The van der Waals surface area contributed by atoms with Crippen LogP contribution in [0.15, 0.2) is 42.5 Å². The summed E-state index contributed by atoms with van der Waals surface area (Å²) in [6.07, 6.45) is 0.767. The van der Waals surface area contributed by atoms with E-state index in [2.05, 4.69) is 0 Å². The average molecular weight is 230 g/mol. The minimum Gasteiger partial charge on any atom is -0.494 e. The highest BCUT2D eigenvalue weighted by molar-refractivity contribution is 5.78. The second kappa shape index (κ2) is 4.78. The molecule has 2 aromatic rings. The summed E-state index contributed by atoms with van der Waals surface area (Å²) in [5.41, 5.74) is 2.09. The van der Waals surface area contributed by atoms with E-state index in [4.69, 9.17) is 4.74 Å². The Morgan fingerprint density at radius 1 is 1.12 bits per heavy atom. The Bertz CT molecular complexity index is 550. The van der Waals surface area contributed by atoms with Gasteiger partial charge in [-0.2, -0.15) is 0 Å².